The molecule has 3 aromatic heterocycles. The average Bonchev–Trinajstić information content (AvgIpc) is 3.43. The van der Waals surface area contributed by atoms with Gasteiger partial charge in [0.1, 0.15) is 5.82 Å². The Kier molecular flexibility index (Phi) is 5.83. The molecule has 36 heavy (non-hydrogen) atoms. The molecule has 0 radical (unpaired) electrons. The lowest BCUT2D eigenvalue weighted by molar-refractivity contribution is 0.186. The van der Waals surface area contributed by atoms with E-state index in [0.717, 1.165) is 59.4 Å². The Hall–Kier alpha value is -2.85. The Morgan fingerprint density at radius 3 is 2.72 bits per heavy atom. The molecule has 0 bridgehead atoms. The third-order valence-corrected chi connectivity index (χ3v) is 9.41. The molecule has 0 amide bonds. The van der Waals surface area contributed by atoms with E-state index >= 15 is 0 Å². The minimum atomic E-state index is -0.149. The smallest absolute Gasteiger partial charge is 0.211 e. The first-order valence-corrected chi connectivity index (χ1v) is 13.3. The number of fused-ring (bicyclic) bond motifs is 2. The number of halogens is 1. The highest BCUT2D eigenvalue weighted by Gasteiger charge is 2.46. The maximum absolute atomic E-state index is 9.85. The SMILES string of the molecule is Cc1nc(N2CCC3(CC2)Cc2ccccc2[C@H]3N)n2cc(CO)nc2c1Sc1ccnc(N)c1Cl. The van der Waals surface area contributed by atoms with Gasteiger partial charge >= 0.3 is 0 Å². The molecule has 1 aromatic carbocycles. The van der Waals surface area contributed by atoms with Crippen LogP contribution in [0.5, 0.6) is 0 Å². The fourth-order valence-electron chi connectivity index (χ4n) is 5.66. The molecule has 8 nitrogen and oxygen atoms in total. The van der Waals surface area contributed by atoms with Crippen molar-refractivity contribution in [2.24, 2.45) is 11.1 Å². The van der Waals surface area contributed by atoms with Crippen LogP contribution >= 0.6 is 23.4 Å². The number of pyridine rings is 1. The lowest BCUT2D eigenvalue weighted by atomic mass is 9.73. The van der Waals surface area contributed by atoms with Crippen molar-refractivity contribution in [1.29, 1.82) is 0 Å². The molecular weight excluding hydrogens is 494 g/mol. The van der Waals surface area contributed by atoms with Gasteiger partial charge in [-0.2, -0.15) is 0 Å². The van der Waals surface area contributed by atoms with E-state index in [1.807, 2.05) is 23.6 Å². The predicted octanol–water partition coefficient (Wildman–Crippen LogP) is 4.15. The molecule has 186 valence electrons. The zero-order chi connectivity index (χ0) is 25.0. The van der Waals surface area contributed by atoms with Crippen molar-refractivity contribution in [3.05, 3.63) is 70.3 Å². The van der Waals surface area contributed by atoms with Crippen molar-refractivity contribution < 1.29 is 5.11 Å². The molecular formula is C26H28ClN7OS. The molecule has 1 aliphatic heterocycles. The Bertz CT molecular complexity index is 1460. The van der Waals surface area contributed by atoms with E-state index in [2.05, 4.69) is 34.1 Å². The summed E-state index contributed by atoms with van der Waals surface area (Å²) in [4.78, 5) is 17.8. The molecule has 1 aliphatic carbocycles. The number of aliphatic hydroxyl groups is 1. The molecule has 10 heteroatoms. The summed E-state index contributed by atoms with van der Waals surface area (Å²) in [5.41, 5.74) is 17.6. The number of rotatable bonds is 4. The normalized spacial score (nSPS) is 18.8. The van der Waals surface area contributed by atoms with Crippen LogP contribution < -0.4 is 16.4 Å². The molecule has 0 unspecified atom stereocenters. The van der Waals surface area contributed by atoms with Gasteiger partial charge in [0.05, 0.1) is 27.9 Å². The fourth-order valence-corrected chi connectivity index (χ4v) is 6.86. The Balaban J connectivity index is 1.33. The third kappa shape index (κ3) is 3.73. The van der Waals surface area contributed by atoms with Crippen LogP contribution in [0.4, 0.5) is 11.8 Å². The molecule has 5 N–H and O–H groups in total. The quantitative estimate of drug-likeness (QED) is 0.366. The summed E-state index contributed by atoms with van der Waals surface area (Å²) < 4.78 is 1.99. The third-order valence-electron chi connectivity index (χ3n) is 7.66. The van der Waals surface area contributed by atoms with Gasteiger partial charge in [-0.25, -0.2) is 15.0 Å². The second-order valence-electron chi connectivity index (χ2n) is 9.72. The van der Waals surface area contributed by atoms with Crippen molar-refractivity contribution in [2.75, 3.05) is 23.7 Å². The number of imidazole rings is 1. The highest BCUT2D eigenvalue weighted by Crippen LogP contribution is 2.51. The first-order chi connectivity index (χ1) is 17.4. The van der Waals surface area contributed by atoms with Crippen LogP contribution in [0.1, 0.15) is 41.4 Å². The van der Waals surface area contributed by atoms with Crippen molar-refractivity contribution in [3.63, 3.8) is 0 Å². The summed E-state index contributed by atoms with van der Waals surface area (Å²) in [5, 5.41) is 10.3. The van der Waals surface area contributed by atoms with Crippen LogP contribution in [0.25, 0.3) is 5.65 Å². The fraction of sp³-hybridized carbons (Fsp3) is 0.346. The lowest BCUT2D eigenvalue weighted by Gasteiger charge is -2.42. The van der Waals surface area contributed by atoms with Gasteiger partial charge in [0.25, 0.3) is 0 Å². The maximum Gasteiger partial charge on any atom is 0.211 e. The van der Waals surface area contributed by atoms with Gasteiger partial charge in [0.15, 0.2) is 5.65 Å². The molecule has 2 aliphatic rings. The molecule has 1 saturated heterocycles. The lowest BCUT2D eigenvalue weighted by Crippen LogP contribution is -2.45. The van der Waals surface area contributed by atoms with Crippen molar-refractivity contribution in [1.82, 2.24) is 19.4 Å². The number of piperidine rings is 1. The number of aromatic nitrogens is 4. The largest absolute Gasteiger partial charge is 0.390 e. The Morgan fingerprint density at radius 1 is 1.19 bits per heavy atom. The van der Waals surface area contributed by atoms with Gasteiger partial charge in [-0.15, -0.1) is 0 Å². The summed E-state index contributed by atoms with van der Waals surface area (Å²) in [5.74, 6) is 1.12. The minimum absolute atomic E-state index is 0.0659. The zero-order valence-corrected chi connectivity index (χ0v) is 21.6. The van der Waals surface area contributed by atoms with E-state index < -0.39 is 0 Å². The number of nitrogen functional groups attached to an aromatic ring is 1. The molecule has 0 saturated carbocycles. The van der Waals surface area contributed by atoms with Crippen LogP contribution in [-0.2, 0) is 13.0 Å². The first-order valence-electron chi connectivity index (χ1n) is 12.1. The first kappa shape index (κ1) is 23.5. The summed E-state index contributed by atoms with van der Waals surface area (Å²) in [7, 11) is 0. The highest BCUT2D eigenvalue weighted by molar-refractivity contribution is 7.99. The number of hydrogen-bond donors (Lipinski definition) is 3. The van der Waals surface area contributed by atoms with Gasteiger partial charge in [-0.1, -0.05) is 47.6 Å². The molecule has 6 rings (SSSR count). The van der Waals surface area contributed by atoms with Crippen LogP contribution in [-0.4, -0.2) is 37.5 Å². The second-order valence-corrected chi connectivity index (χ2v) is 11.2. The van der Waals surface area contributed by atoms with Gasteiger partial charge in [0, 0.05) is 36.4 Å². The van der Waals surface area contributed by atoms with Gasteiger partial charge in [-0.05, 0) is 48.8 Å². The summed E-state index contributed by atoms with van der Waals surface area (Å²) in [6.45, 7) is 3.54. The summed E-state index contributed by atoms with van der Waals surface area (Å²) >= 11 is 7.88. The van der Waals surface area contributed by atoms with Gasteiger partial charge in [0.2, 0.25) is 5.95 Å². The standard InChI is InChI=1S/C26H28ClN7OS/c1-15-21(36-19-6-9-30-23(29)20(19)27)24-32-17(14-35)13-34(24)25(31-15)33-10-7-26(8-11-33)12-16-4-2-3-5-18(16)22(26)28/h2-6,9,13,22,35H,7-8,10-12,14,28H2,1H3,(H2,29,30)/t22-/m1/s1. The van der Waals surface area contributed by atoms with Crippen LogP contribution in [0.3, 0.4) is 0 Å². The second kappa shape index (κ2) is 8.92. The van der Waals surface area contributed by atoms with E-state index in [1.165, 1.54) is 22.9 Å². The van der Waals surface area contributed by atoms with Crippen molar-refractivity contribution in [3.8, 4) is 0 Å². The van der Waals surface area contributed by atoms with E-state index in [9.17, 15) is 5.11 Å². The van der Waals surface area contributed by atoms with Crippen molar-refractivity contribution >= 4 is 40.8 Å². The van der Waals surface area contributed by atoms with Crippen LogP contribution in [0.2, 0.25) is 5.02 Å². The zero-order valence-electron chi connectivity index (χ0n) is 20.0. The number of aryl methyl sites for hydroxylation is 1. The number of nitrogens with two attached hydrogens (primary N) is 2. The molecule has 4 aromatic rings. The minimum Gasteiger partial charge on any atom is -0.390 e. The Morgan fingerprint density at radius 2 is 1.97 bits per heavy atom. The Labute approximate surface area is 218 Å². The molecule has 1 spiro atoms. The number of aliphatic hydroxyl groups excluding tert-OH is 1. The number of anilines is 2. The van der Waals surface area contributed by atoms with E-state index in [0.29, 0.717) is 10.7 Å². The van der Waals surface area contributed by atoms with E-state index in [1.54, 1.807) is 6.20 Å². The van der Waals surface area contributed by atoms with E-state index in [4.69, 9.17) is 33.0 Å². The number of nitrogens with zero attached hydrogens (tertiary/aromatic N) is 5. The number of hydrogen-bond acceptors (Lipinski definition) is 8. The van der Waals surface area contributed by atoms with Gasteiger partial charge in [-0.3, -0.25) is 4.40 Å². The number of benzene rings is 1. The average molecular weight is 522 g/mol. The van der Waals surface area contributed by atoms with E-state index in [-0.39, 0.29) is 23.9 Å². The molecule has 4 heterocycles. The highest BCUT2D eigenvalue weighted by atomic mass is 35.5. The summed E-state index contributed by atoms with van der Waals surface area (Å²) in [6.07, 6.45) is 6.53. The maximum atomic E-state index is 9.85. The predicted molar refractivity (Wildman–Crippen MR) is 142 cm³/mol. The summed E-state index contributed by atoms with van der Waals surface area (Å²) in [6, 6.07) is 10.5. The van der Waals surface area contributed by atoms with Crippen LogP contribution in [0.15, 0.2) is 52.5 Å². The van der Waals surface area contributed by atoms with Crippen molar-refractivity contribution in [2.45, 2.75) is 48.6 Å². The topological polar surface area (TPSA) is 119 Å². The molecule has 1 atom stereocenters. The monoisotopic (exact) mass is 521 g/mol. The van der Waals surface area contributed by atoms with Crippen LogP contribution in [0, 0.1) is 12.3 Å². The molecule has 1 fully saturated rings. The van der Waals surface area contributed by atoms with Gasteiger partial charge < -0.3 is 21.5 Å².